The quantitative estimate of drug-likeness (QED) is 0.782. The van der Waals surface area contributed by atoms with Crippen LogP contribution < -0.4 is 4.90 Å². The number of halogens is 1. The molecular formula is C16H16FNO. The summed E-state index contributed by atoms with van der Waals surface area (Å²) in [6, 6.07) is 13.7. The molecule has 0 saturated heterocycles. The second-order valence-corrected chi connectivity index (χ2v) is 4.57. The van der Waals surface area contributed by atoms with Crippen LogP contribution in [-0.4, -0.2) is 19.4 Å². The van der Waals surface area contributed by atoms with Gasteiger partial charge in [-0.1, -0.05) is 30.3 Å². The predicted octanol–water partition coefficient (Wildman–Crippen LogP) is 3.45. The van der Waals surface area contributed by atoms with Crippen molar-refractivity contribution in [1.29, 1.82) is 0 Å². The standard InChI is InChI=1S/C16H16FNO/c1-12-6-3-4-9-15(12)16(19)11-18(2)14-8-5-7-13(17)10-14/h3-10H,11H2,1-2H3. The lowest BCUT2D eigenvalue weighted by atomic mass is 10.0. The lowest BCUT2D eigenvalue weighted by Gasteiger charge is -2.19. The van der Waals surface area contributed by atoms with E-state index in [9.17, 15) is 9.18 Å². The maximum atomic E-state index is 13.1. The molecule has 0 aliphatic carbocycles. The van der Waals surface area contributed by atoms with Crippen molar-refractivity contribution in [2.45, 2.75) is 6.92 Å². The van der Waals surface area contributed by atoms with Gasteiger partial charge in [0.2, 0.25) is 0 Å². The topological polar surface area (TPSA) is 20.3 Å². The van der Waals surface area contributed by atoms with E-state index < -0.39 is 0 Å². The highest BCUT2D eigenvalue weighted by atomic mass is 19.1. The normalized spacial score (nSPS) is 10.3. The van der Waals surface area contributed by atoms with E-state index in [4.69, 9.17) is 0 Å². The van der Waals surface area contributed by atoms with E-state index in [2.05, 4.69) is 0 Å². The number of Topliss-reactive ketones (excluding diaryl/α,β-unsaturated/α-hetero) is 1. The van der Waals surface area contributed by atoms with E-state index >= 15 is 0 Å². The predicted molar refractivity (Wildman–Crippen MR) is 75.2 cm³/mol. The Morgan fingerprint density at radius 1 is 1.16 bits per heavy atom. The maximum Gasteiger partial charge on any atom is 0.182 e. The molecule has 0 amide bonds. The number of benzene rings is 2. The Balaban J connectivity index is 2.13. The van der Waals surface area contributed by atoms with Crippen LogP contribution in [0.2, 0.25) is 0 Å². The van der Waals surface area contributed by atoms with E-state index in [1.807, 2.05) is 31.2 Å². The highest BCUT2D eigenvalue weighted by molar-refractivity contribution is 6.00. The van der Waals surface area contributed by atoms with Crippen LogP contribution in [0.25, 0.3) is 0 Å². The van der Waals surface area contributed by atoms with Crippen molar-refractivity contribution in [3.63, 3.8) is 0 Å². The summed E-state index contributed by atoms with van der Waals surface area (Å²) in [5.41, 5.74) is 2.37. The number of ketones is 1. The third-order valence-corrected chi connectivity index (χ3v) is 3.08. The second kappa shape index (κ2) is 5.65. The van der Waals surface area contributed by atoms with Crippen LogP contribution in [0.5, 0.6) is 0 Å². The minimum Gasteiger partial charge on any atom is -0.367 e. The molecular weight excluding hydrogens is 241 g/mol. The first-order chi connectivity index (χ1) is 9.08. The molecule has 0 heterocycles. The maximum absolute atomic E-state index is 13.1. The van der Waals surface area contributed by atoms with Gasteiger partial charge in [0.25, 0.3) is 0 Å². The van der Waals surface area contributed by atoms with Gasteiger partial charge in [0, 0.05) is 18.3 Å². The molecule has 0 radical (unpaired) electrons. The molecule has 19 heavy (non-hydrogen) atoms. The van der Waals surface area contributed by atoms with E-state index in [0.717, 1.165) is 5.56 Å². The molecule has 0 bridgehead atoms. The number of anilines is 1. The Hall–Kier alpha value is -2.16. The molecule has 2 aromatic rings. The average Bonchev–Trinajstić information content (AvgIpc) is 2.39. The van der Waals surface area contributed by atoms with E-state index in [-0.39, 0.29) is 18.1 Å². The summed E-state index contributed by atoms with van der Waals surface area (Å²) in [6.45, 7) is 2.14. The zero-order chi connectivity index (χ0) is 13.8. The van der Waals surface area contributed by atoms with Crippen molar-refractivity contribution in [3.05, 3.63) is 65.5 Å². The minimum absolute atomic E-state index is 0.0323. The van der Waals surface area contributed by atoms with E-state index in [1.54, 1.807) is 24.1 Å². The number of likely N-dealkylation sites (N-methyl/N-ethyl adjacent to an activating group) is 1. The fourth-order valence-corrected chi connectivity index (χ4v) is 1.99. The summed E-state index contributed by atoms with van der Waals surface area (Å²) in [6.07, 6.45) is 0. The Morgan fingerprint density at radius 2 is 1.89 bits per heavy atom. The number of hydrogen-bond donors (Lipinski definition) is 0. The van der Waals surface area contributed by atoms with Gasteiger partial charge in [-0.2, -0.15) is 0 Å². The van der Waals surface area contributed by atoms with Crippen molar-refractivity contribution in [1.82, 2.24) is 0 Å². The lowest BCUT2D eigenvalue weighted by Crippen LogP contribution is -2.26. The van der Waals surface area contributed by atoms with Crippen LogP contribution in [0.3, 0.4) is 0 Å². The monoisotopic (exact) mass is 257 g/mol. The number of carbonyl (C=O) groups excluding carboxylic acids is 1. The fourth-order valence-electron chi connectivity index (χ4n) is 1.99. The highest BCUT2D eigenvalue weighted by Gasteiger charge is 2.12. The van der Waals surface area contributed by atoms with Crippen LogP contribution in [0, 0.1) is 12.7 Å². The van der Waals surface area contributed by atoms with Gasteiger partial charge in [-0.3, -0.25) is 4.79 Å². The smallest absolute Gasteiger partial charge is 0.182 e. The average molecular weight is 257 g/mol. The van der Waals surface area contributed by atoms with Gasteiger partial charge in [0.05, 0.1) is 6.54 Å². The molecule has 0 spiro atoms. The second-order valence-electron chi connectivity index (χ2n) is 4.57. The van der Waals surface area contributed by atoms with E-state index in [0.29, 0.717) is 11.3 Å². The van der Waals surface area contributed by atoms with Gasteiger partial charge >= 0.3 is 0 Å². The third kappa shape index (κ3) is 3.19. The van der Waals surface area contributed by atoms with Crippen molar-refractivity contribution < 1.29 is 9.18 Å². The SMILES string of the molecule is Cc1ccccc1C(=O)CN(C)c1cccc(F)c1. The summed E-state index contributed by atoms with van der Waals surface area (Å²) in [4.78, 5) is 13.9. The van der Waals surface area contributed by atoms with Crippen molar-refractivity contribution in [2.24, 2.45) is 0 Å². The van der Waals surface area contributed by atoms with Crippen LogP contribution in [-0.2, 0) is 0 Å². The van der Waals surface area contributed by atoms with Gasteiger partial charge in [-0.15, -0.1) is 0 Å². The minimum atomic E-state index is -0.298. The van der Waals surface area contributed by atoms with Crippen LogP contribution in [0.15, 0.2) is 48.5 Å². The number of rotatable bonds is 4. The molecule has 0 aromatic heterocycles. The Bertz CT molecular complexity index is 595. The molecule has 0 aliphatic rings. The largest absolute Gasteiger partial charge is 0.367 e. The number of aryl methyl sites for hydroxylation is 1. The number of nitrogens with zero attached hydrogens (tertiary/aromatic N) is 1. The molecule has 0 N–H and O–H groups in total. The summed E-state index contributed by atoms with van der Waals surface area (Å²) < 4.78 is 13.1. The first kappa shape index (κ1) is 13.3. The summed E-state index contributed by atoms with van der Waals surface area (Å²) >= 11 is 0. The van der Waals surface area contributed by atoms with Crippen LogP contribution >= 0.6 is 0 Å². The summed E-state index contributed by atoms with van der Waals surface area (Å²) in [5, 5.41) is 0. The zero-order valence-corrected chi connectivity index (χ0v) is 11.1. The van der Waals surface area contributed by atoms with Gasteiger partial charge in [-0.25, -0.2) is 4.39 Å². The van der Waals surface area contributed by atoms with Gasteiger partial charge < -0.3 is 4.90 Å². The lowest BCUT2D eigenvalue weighted by molar-refractivity contribution is 0.1000. The molecule has 0 unspecified atom stereocenters. The van der Waals surface area contributed by atoms with Gasteiger partial charge in [0.1, 0.15) is 5.82 Å². The third-order valence-electron chi connectivity index (χ3n) is 3.08. The van der Waals surface area contributed by atoms with Crippen LogP contribution in [0.1, 0.15) is 15.9 Å². The Kier molecular flexibility index (Phi) is 3.95. The molecule has 0 saturated carbocycles. The zero-order valence-electron chi connectivity index (χ0n) is 11.1. The van der Waals surface area contributed by atoms with Crippen LogP contribution in [0.4, 0.5) is 10.1 Å². The number of hydrogen-bond acceptors (Lipinski definition) is 2. The molecule has 3 heteroatoms. The van der Waals surface area contributed by atoms with Crippen molar-refractivity contribution in [2.75, 3.05) is 18.5 Å². The highest BCUT2D eigenvalue weighted by Crippen LogP contribution is 2.15. The van der Waals surface area contributed by atoms with Gasteiger partial charge in [0.15, 0.2) is 5.78 Å². The molecule has 2 aromatic carbocycles. The fraction of sp³-hybridized carbons (Fsp3) is 0.188. The molecule has 2 nitrogen and oxygen atoms in total. The molecule has 2 rings (SSSR count). The summed E-state index contributed by atoms with van der Waals surface area (Å²) in [5.74, 6) is -0.266. The molecule has 0 fully saturated rings. The first-order valence-electron chi connectivity index (χ1n) is 6.13. The molecule has 98 valence electrons. The van der Waals surface area contributed by atoms with Crippen molar-refractivity contribution >= 4 is 11.5 Å². The Morgan fingerprint density at radius 3 is 2.58 bits per heavy atom. The summed E-state index contributed by atoms with van der Waals surface area (Å²) in [7, 11) is 1.78. The van der Waals surface area contributed by atoms with Gasteiger partial charge in [-0.05, 0) is 30.7 Å². The molecule has 0 aliphatic heterocycles. The molecule has 0 atom stereocenters. The Labute approximate surface area is 112 Å². The number of carbonyl (C=O) groups is 1. The first-order valence-corrected chi connectivity index (χ1v) is 6.13. The van der Waals surface area contributed by atoms with E-state index in [1.165, 1.54) is 12.1 Å². The van der Waals surface area contributed by atoms with Crippen molar-refractivity contribution in [3.8, 4) is 0 Å².